The number of anilines is 2. The van der Waals surface area contributed by atoms with Crippen LogP contribution in [-0.4, -0.2) is 11.8 Å². The molecule has 148 valence electrons. The van der Waals surface area contributed by atoms with E-state index in [9.17, 15) is 9.59 Å². The molecule has 1 aliphatic rings. The van der Waals surface area contributed by atoms with Gasteiger partial charge in [0, 0.05) is 30.3 Å². The summed E-state index contributed by atoms with van der Waals surface area (Å²) < 4.78 is 0. The van der Waals surface area contributed by atoms with Crippen molar-refractivity contribution >= 4 is 23.2 Å². The number of benzene rings is 2. The van der Waals surface area contributed by atoms with Crippen molar-refractivity contribution < 1.29 is 9.59 Å². The van der Waals surface area contributed by atoms with E-state index >= 15 is 0 Å². The maximum Gasteiger partial charge on any atom is 0.227 e. The SMILES string of the molecule is Nc1ccccc1CCC(=O)NCc1cccc(NC(=O)C2CCCCC2)c1. The standard InChI is InChI=1S/C23H29N3O2/c24-21-12-5-4-8-18(21)13-14-22(27)25-16-17-7-6-11-20(15-17)26-23(28)19-9-2-1-3-10-19/h4-8,11-12,15,19H,1-3,9-10,13-14,16,24H2,(H,25,27)(H,26,28). The van der Waals surface area contributed by atoms with E-state index in [-0.39, 0.29) is 17.7 Å². The van der Waals surface area contributed by atoms with E-state index in [1.165, 1.54) is 6.42 Å². The number of carbonyl (C=O) groups is 2. The normalized spacial score (nSPS) is 14.4. The smallest absolute Gasteiger partial charge is 0.227 e. The highest BCUT2D eigenvalue weighted by Gasteiger charge is 2.21. The number of aryl methyl sites for hydroxylation is 1. The minimum absolute atomic E-state index is 0.0140. The first kappa shape index (κ1) is 19.9. The van der Waals surface area contributed by atoms with Crippen LogP contribution in [0, 0.1) is 5.92 Å². The average Bonchev–Trinajstić information content (AvgIpc) is 2.72. The Balaban J connectivity index is 1.46. The van der Waals surface area contributed by atoms with Crippen LogP contribution in [-0.2, 0) is 22.6 Å². The van der Waals surface area contributed by atoms with Crippen molar-refractivity contribution in [1.82, 2.24) is 5.32 Å². The molecule has 0 atom stereocenters. The molecule has 0 heterocycles. The molecule has 0 unspecified atom stereocenters. The van der Waals surface area contributed by atoms with Gasteiger partial charge in [-0.25, -0.2) is 0 Å². The number of rotatable bonds is 7. The van der Waals surface area contributed by atoms with Gasteiger partial charge < -0.3 is 16.4 Å². The Morgan fingerprint density at radius 2 is 1.79 bits per heavy atom. The molecule has 1 fully saturated rings. The molecule has 3 rings (SSSR count). The molecule has 0 aliphatic heterocycles. The Bertz CT molecular complexity index is 813. The van der Waals surface area contributed by atoms with Crippen molar-refractivity contribution in [2.45, 2.75) is 51.5 Å². The third-order valence-electron chi connectivity index (χ3n) is 5.34. The molecule has 1 aliphatic carbocycles. The second-order valence-corrected chi connectivity index (χ2v) is 7.50. The first-order valence-corrected chi connectivity index (χ1v) is 10.1. The highest BCUT2D eigenvalue weighted by molar-refractivity contribution is 5.92. The molecule has 2 aromatic carbocycles. The Hall–Kier alpha value is -2.82. The zero-order chi connectivity index (χ0) is 19.8. The van der Waals surface area contributed by atoms with Crippen LogP contribution in [0.25, 0.3) is 0 Å². The van der Waals surface area contributed by atoms with Crippen molar-refractivity contribution in [2.75, 3.05) is 11.1 Å². The summed E-state index contributed by atoms with van der Waals surface area (Å²) in [5, 5.41) is 5.97. The zero-order valence-electron chi connectivity index (χ0n) is 16.2. The summed E-state index contributed by atoms with van der Waals surface area (Å²) in [6.45, 7) is 0.441. The molecule has 5 nitrogen and oxygen atoms in total. The van der Waals surface area contributed by atoms with Gasteiger partial charge in [-0.3, -0.25) is 9.59 Å². The lowest BCUT2D eigenvalue weighted by Crippen LogP contribution is -2.25. The van der Waals surface area contributed by atoms with E-state index in [0.717, 1.165) is 48.2 Å². The summed E-state index contributed by atoms with van der Waals surface area (Å²) in [5.74, 6) is 0.226. The van der Waals surface area contributed by atoms with Gasteiger partial charge >= 0.3 is 0 Å². The number of amides is 2. The van der Waals surface area contributed by atoms with Crippen LogP contribution in [0.3, 0.4) is 0 Å². The number of para-hydroxylation sites is 1. The van der Waals surface area contributed by atoms with Crippen LogP contribution in [0.5, 0.6) is 0 Å². The summed E-state index contributed by atoms with van der Waals surface area (Å²) in [6.07, 6.45) is 6.48. The van der Waals surface area contributed by atoms with Crippen molar-refractivity contribution in [3.8, 4) is 0 Å². The van der Waals surface area contributed by atoms with Gasteiger partial charge in [-0.1, -0.05) is 49.6 Å². The topological polar surface area (TPSA) is 84.2 Å². The largest absolute Gasteiger partial charge is 0.399 e. The fourth-order valence-corrected chi connectivity index (χ4v) is 3.67. The van der Waals surface area contributed by atoms with E-state index in [1.54, 1.807) is 0 Å². The monoisotopic (exact) mass is 379 g/mol. The Morgan fingerprint density at radius 1 is 1.00 bits per heavy atom. The van der Waals surface area contributed by atoms with Gasteiger partial charge in [0.25, 0.3) is 0 Å². The van der Waals surface area contributed by atoms with Crippen LogP contribution in [0.15, 0.2) is 48.5 Å². The minimum Gasteiger partial charge on any atom is -0.399 e. The molecule has 5 heteroatoms. The van der Waals surface area contributed by atoms with Crippen LogP contribution in [0.4, 0.5) is 11.4 Å². The van der Waals surface area contributed by atoms with E-state index in [0.29, 0.717) is 19.4 Å². The third-order valence-corrected chi connectivity index (χ3v) is 5.34. The van der Waals surface area contributed by atoms with Crippen LogP contribution in [0.1, 0.15) is 49.7 Å². The molecule has 1 saturated carbocycles. The maximum atomic E-state index is 12.4. The van der Waals surface area contributed by atoms with Gasteiger partial charge in [-0.05, 0) is 48.6 Å². The lowest BCUT2D eigenvalue weighted by molar-refractivity contribution is -0.121. The van der Waals surface area contributed by atoms with Gasteiger partial charge in [0.1, 0.15) is 0 Å². The van der Waals surface area contributed by atoms with Crippen LogP contribution < -0.4 is 16.4 Å². The molecular formula is C23H29N3O2. The minimum atomic E-state index is -0.0140. The molecule has 4 N–H and O–H groups in total. The number of nitrogen functional groups attached to an aromatic ring is 1. The van der Waals surface area contributed by atoms with Gasteiger partial charge in [-0.2, -0.15) is 0 Å². The van der Waals surface area contributed by atoms with Gasteiger partial charge in [-0.15, -0.1) is 0 Å². The van der Waals surface area contributed by atoms with Gasteiger partial charge in [0.15, 0.2) is 0 Å². The van der Waals surface area contributed by atoms with Gasteiger partial charge in [0.05, 0.1) is 0 Å². The van der Waals surface area contributed by atoms with E-state index in [1.807, 2.05) is 48.5 Å². The first-order chi connectivity index (χ1) is 13.6. The molecular weight excluding hydrogens is 350 g/mol. The van der Waals surface area contributed by atoms with Crippen molar-refractivity contribution in [2.24, 2.45) is 5.92 Å². The number of carbonyl (C=O) groups excluding carboxylic acids is 2. The quantitative estimate of drug-likeness (QED) is 0.635. The number of nitrogens with two attached hydrogens (primary N) is 1. The molecule has 0 saturated heterocycles. The summed E-state index contributed by atoms with van der Waals surface area (Å²) in [5.41, 5.74) is 9.38. The Morgan fingerprint density at radius 3 is 2.57 bits per heavy atom. The Labute approximate surface area is 166 Å². The van der Waals surface area contributed by atoms with Crippen molar-refractivity contribution in [1.29, 1.82) is 0 Å². The second-order valence-electron chi connectivity index (χ2n) is 7.50. The summed E-state index contributed by atoms with van der Waals surface area (Å²) in [6, 6.07) is 15.3. The summed E-state index contributed by atoms with van der Waals surface area (Å²) in [4.78, 5) is 24.5. The van der Waals surface area contributed by atoms with Crippen LogP contribution in [0.2, 0.25) is 0 Å². The lowest BCUT2D eigenvalue weighted by atomic mass is 9.88. The highest BCUT2D eigenvalue weighted by atomic mass is 16.2. The summed E-state index contributed by atoms with van der Waals surface area (Å²) >= 11 is 0. The lowest BCUT2D eigenvalue weighted by Gasteiger charge is -2.20. The molecule has 2 aromatic rings. The molecule has 28 heavy (non-hydrogen) atoms. The Kier molecular flexibility index (Phi) is 7.06. The van der Waals surface area contributed by atoms with Gasteiger partial charge in [0.2, 0.25) is 11.8 Å². The number of nitrogens with one attached hydrogen (secondary N) is 2. The third kappa shape index (κ3) is 5.84. The number of hydrogen-bond donors (Lipinski definition) is 3. The molecule has 0 radical (unpaired) electrons. The fourth-order valence-electron chi connectivity index (χ4n) is 3.67. The maximum absolute atomic E-state index is 12.4. The number of hydrogen-bond acceptors (Lipinski definition) is 3. The molecule has 0 bridgehead atoms. The molecule has 0 spiro atoms. The van der Waals surface area contributed by atoms with E-state index in [4.69, 9.17) is 5.73 Å². The highest BCUT2D eigenvalue weighted by Crippen LogP contribution is 2.25. The van der Waals surface area contributed by atoms with Crippen LogP contribution >= 0.6 is 0 Å². The predicted octanol–water partition coefficient (Wildman–Crippen LogP) is 4.04. The fraction of sp³-hybridized carbons (Fsp3) is 0.391. The average molecular weight is 380 g/mol. The van der Waals surface area contributed by atoms with E-state index in [2.05, 4.69) is 10.6 Å². The summed E-state index contributed by atoms with van der Waals surface area (Å²) in [7, 11) is 0. The predicted molar refractivity (Wildman–Crippen MR) is 113 cm³/mol. The molecule has 0 aromatic heterocycles. The van der Waals surface area contributed by atoms with Crippen molar-refractivity contribution in [3.05, 3.63) is 59.7 Å². The van der Waals surface area contributed by atoms with E-state index < -0.39 is 0 Å². The second kappa shape index (κ2) is 9.93. The zero-order valence-corrected chi connectivity index (χ0v) is 16.2. The first-order valence-electron chi connectivity index (χ1n) is 10.1. The van der Waals surface area contributed by atoms with Crippen molar-refractivity contribution in [3.63, 3.8) is 0 Å². The molecule has 2 amide bonds.